The molecule has 5 nitrogen and oxygen atoms in total. The zero-order valence-corrected chi connectivity index (χ0v) is 18.5. The number of anilines is 2. The topological polar surface area (TPSA) is 57.3 Å². The normalized spacial score (nSPS) is 18.9. The Morgan fingerprint density at radius 2 is 1.93 bits per heavy atom. The van der Waals surface area contributed by atoms with Gasteiger partial charge in [-0.05, 0) is 49.1 Å². The van der Waals surface area contributed by atoms with Crippen LogP contribution < -0.4 is 15.5 Å². The highest BCUT2D eigenvalue weighted by molar-refractivity contribution is 7.10. The van der Waals surface area contributed by atoms with E-state index in [1.54, 1.807) is 11.3 Å². The van der Waals surface area contributed by atoms with Crippen molar-refractivity contribution >= 4 is 39.7 Å². The Bertz CT molecular complexity index is 978. The van der Waals surface area contributed by atoms with Crippen LogP contribution in [-0.2, 0) is 11.2 Å². The van der Waals surface area contributed by atoms with E-state index in [1.165, 1.54) is 11.1 Å². The average molecular weight is 423 g/mol. The molecular weight excluding hydrogens is 392 g/mol. The van der Waals surface area contributed by atoms with Crippen LogP contribution in [0, 0.1) is 5.92 Å². The summed E-state index contributed by atoms with van der Waals surface area (Å²) in [4.78, 5) is 20.2. The monoisotopic (exact) mass is 422 g/mol. The molecule has 0 unspecified atom stereocenters. The lowest BCUT2D eigenvalue weighted by atomic mass is 9.86. The lowest BCUT2D eigenvalue weighted by molar-refractivity contribution is -0.120. The maximum atomic E-state index is 12.1. The zero-order valence-electron chi connectivity index (χ0n) is 17.7. The lowest BCUT2D eigenvalue weighted by Crippen LogP contribution is -2.34. The van der Waals surface area contributed by atoms with E-state index in [0.29, 0.717) is 18.4 Å². The first-order valence-corrected chi connectivity index (χ1v) is 11.6. The predicted molar refractivity (Wildman–Crippen MR) is 126 cm³/mol. The molecule has 1 aliphatic rings. The quantitative estimate of drug-likeness (QED) is 0.580. The van der Waals surface area contributed by atoms with Gasteiger partial charge in [-0.2, -0.15) is 0 Å². The molecule has 3 aromatic rings. The number of benzene rings is 1. The van der Waals surface area contributed by atoms with Crippen LogP contribution >= 0.6 is 11.3 Å². The maximum absolute atomic E-state index is 12.1. The van der Waals surface area contributed by atoms with Gasteiger partial charge in [-0.3, -0.25) is 4.79 Å². The van der Waals surface area contributed by atoms with Gasteiger partial charge in [0, 0.05) is 48.7 Å². The molecule has 4 rings (SSSR count). The fourth-order valence-corrected chi connectivity index (χ4v) is 4.92. The summed E-state index contributed by atoms with van der Waals surface area (Å²) < 4.78 is 0. The summed E-state index contributed by atoms with van der Waals surface area (Å²) in [5.74, 6) is 1.65. The number of amides is 1. The Labute approximate surface area is 182 Å². The first-order chi connectivity index (χ1) is 14.6. The second-order valence-corrected chi connectivity index (χ2v) is 9.39. The molecule has 1 amide bonds. The molecule has 1 fully saturated rings. The molecule has 1 saturated carbocycles. The molecular formula is C24H30N4OS. The van der Waals surface area contributed by atoms with E-state index in [9.17, 15) is 4.79 Å². The van der Waals surface area contributed by atoms with Crippen molar-refractivity contribution in [1.29, 1.82) is 0 Å². The van der Waals surface area contributed by atoms with Crippen LogP contribution in [0.2, 0.25) is 0 Å². The maximum Gasteiger partial charge on any atom is 0.225 e. The molecule has 2 N–H and O–H groups in total. The smallest absolute Gasteiger partial charge is 0.225 e. The van der Waals surface area contributed by atoms with Crippen molar-refractivity contribution < 1.29 is 4.79 Å². The van der Waals surface area contributed by atoms with Gasteiger partial charge in [-0.1, -0.05) is 24.3 Å². The molecule has 2 heterocycles. The van der Waals surface area contributed by atoms with Crippen molar-refractivity contribution in [3.8, 4) is 0 Å². The molecule has 0 radical (unpaired) electrons. The second-order valence-electron chi connectivity index (χ2n) is 8.36. The van der Waals surface area contributed by atoms with Gasteiger partial charge in [0.25, 0.3) is 0 Å². The fourth-order valence-electron chi connectivity index (χ4n) is 4.21. The molecule has 0 aliphatic heterocycles. The van der Waals surface area contributed by atoms with Crippen LogP contribution in [0.25, 0.3) is 10.9 Å². The highest BCUT2D eigenvalue weighted by Gasteiger charge is 2.22. The SMILES string of the molecule is CN(C)c1cc(NC2CCC(CNC(=O)Cc3cccs3)CC2)nc2ccccc12. The summed E-state index contributed by atoms with van der Waals surface area (Å²) in [7, 11) is 4.15. The van der Waals surface area contributed by atoms with Gasteiger partial charge in [0.15, 0.2) is 0 Å². The van der Waals surface area contributed by atoms with Crippen LogP contribution in [0.15, 0.2) is 47.8 Å². The Morgan fingerprint density at radius 1 is 1.13 bits per heavy atom. The van der Waals surface area contributed by atoms with Crippen molar-refractivity contribution in [2.24, 2.45) is 5.92 Å². The third-order valence-corrected chi connectivity index (χ3v) is 6.75. The van der Waals surface area contributed by atoms with Crippen LogP contribution in [0.3, 0.4) is 0 Å². The molecule has 0 atom stereocenters. The number of hydrogen-bond acceptors (Lipinski definition) is 5. The van der Waals surface area contributed by atoms with Crippen molar-refractivity contribution in [2.45, 2.75) is 38.1 Å². The number of carbonyl (C=O) groups is 1. The summed E-state index contributed by atoms with van der Waals surface area (Å²) in [6, 6.07) is 14.9. The molecule has 1 aliphatic carbocycles. The molecule has 6 heteroatoms. The van der Waals surface area contributed by atoms with Gasteiger partial charge >= 0.3 is 0 Å². The highest BCUT2D eigenvalue weighted by Crippen LogP contribution is 2.30. The summed E-state index contributed by atoms with van der Waals surface area (Å²) >= 11 is 1.64. The molecule has 0 saturated heterocycles. The van der Waals surface area contributed by atoms with Crippen LogP contribution in [0.1, 0.15) is 30.6 Å². The van der Waals surface area contributed by atoms with Crippen LogP contribution in [0.4, 0.5) is 11.5 Å². The molecule has 0 bridgehead atoms. The van der Waals surface area contributed by atoms with E-state index in [0.717, 1.165) is 48.4 Å². The van der Waals surface area contributed by atoms with Crippen LogP contribution in [-0.4, -0.2) is 37.6 Å². The zero-order chi connectivity index (χ0) is 20.9. The minimum absolute atomic E-state index is 0.134. The molecule has 2 aromatic heterocycles. The molecule has 0 spiro atoms. The summed E-state index contributed by atoms with van der Waals surface area (Å²) in [6.45, 7) is 0.788. The Kier molecular flexibility index (Phi) is 6.53. The van der Waals surface area contributed by atoms with Crippen molar-refractivity contribution in [2.75, 3.05) is 30.9 Å². The van der Waals surface area contributed by atoms with Crippen LogP contribution in [0.5, 0.6) is 0 Å². The van der Waals surface area contributed by atoms with Gasteiger partial charge in [-0.15, -0.1) is 11.3 Å². The van der Waals surface area contributed by atoms with Gasteiger partial charge in [0.05, 0.1) is 11.9 Å². The van der Waals surface area contributed by atoms with Gasteiger partial charge < -0.3 is 15.5 Å². The Hall–Kier alpha value is -2.60. The number of aromatic nitrogens is 1. The number of rotatable bonds is 7. The van der Waals surface area contributed by atoms with E-state index in [1.807, 2.05) is 23.6 Å². The first kappa shape index (κ1) is 20.7. The molecule has 30 heavy (non-hydrogen) atoms. The second kappa shape index (κ2) is 9.47. The predicted octanol–water partition coefficient (Wildman–Crippen LogP) is 4.69. The number of thiophene rings is 1. The number of hydrogen-bond donors (Lipinski definition) is 2. The van der Waals surface area contributed by atoms with E-state index < -0.39 is 0 Å². The highest BCUT2D eigenvalue weighted by atomic mass is 32.1. The molecule has 1 aromatic carbocycles. The molecule has 158 valence electrons. The van der Waals surface area contributed by atoms with Crippen molar-refractivity contribution in [3.05, 3.63) is 52.7 Å². The van der Waals surface area contributed by atoms with E-state index in [-0.39, 0.29) is 5.91 Å². The van der Waals surface area contributed by atoms with Gasteiger partial charge in [0.2, 0.25) is 5.91 Å². The Morgan fingerprint density at radius 3 is 2.67 bits per heavy atom. The minimum Gasteiger partial charge on any atom is -0.377 e. The fraction of sp³-hybridized carbons (Fsp3) is 0.417. The summed E-state index contributed by atoms with van der Waals surface area (Å²) in [5.41, 5.74) is 2.21. The van der Waals surface area contributed by atoms with Gasteiger partial charge in [0.1, 0.15) is 5.82 Å². The standard InChI is InChI=1S/C24H30N4OS/c1-28(2)22-15-23(27-21-8-4-3-7-20(21)22)26-18-11-9-17(10-12-18)16-25-24(29)14-19-6-5-13-30-19/h3-8,13,15,17-18H,9-12,14,16H2,1-2H3,(H,25,29)(H,26,27). The largest absolute Gasteiger partial charge is 0.377 e. The summed E-state index contributed by atoms with van der Waals surface area (Å²) in [5, 5.41) is 9.98. The first-order valence-electron chi connectivity index (χ1n) is 10.7. The number of para-hydroxylation sites is 1. The lowest BCUT2D eigenvalue weighted by Gasteiger charge is -2.30. The van der Waals surface area contributed by atoms with E-state index in [2.05, 4.69) is 53.9 Å². The average Bonchev–Trinajstić information content (AvgIpc) is 3.25. The summed E-state index contributed by atoms with van der Waals surface area (Å²) in [6.07, 6.45) is 4.97. The number of nitrogens with one attached hydrogen (secondary N) is 2. The van der Waals surface area contributed by atoms with E-state index in [4.69, 9.17) is 4.98 Å². The van der Waals surface area contributed by atoms with Gasteiger partial charge in [-0.25, -0.2) is 4.98 Å². The number of nitrogens with zero attached hydrogens (tertiary/aromatic N) is 2. The third kappa shape index (κ3) is 5.11. The third-order valence-electron chi connectivity index (χ3n) is 5.88. The number of carbonyl (C=O) groups excluding carboxylic acids is 1. The minimum atomic E-state index is 0.134. The number of pyridine rings is 1. The van der Waals surface area contributed by atoms with Crippen molar-refractivity contribution in [3.63, 3.8) is 0 Å². The van der Waals surface area contributed by atoms with Crippen molar-refractivity contribution in [1.82, 2.24) is 10.3 Å². The Balaban J connectivity index is 1.29. The van der Waals surface area contributed by atoms with E-state index >= 15 is 0 Å². The number of fused-ring (bicyclic) bond motifs is 1.